The zero-order valence-corrected chi connectivity index (χ0v) is 14.9. The fourth-order valence-electron chi connectivity index (χ4n) is 2.73. The van der Waals surface area contributed by atoms with E-state index in [9.17, 15) is 4.79 Å². The van der Waals surface area contributed by atoms with Crippen molar-refractivity contribution in [3.63, 3.8) is 0 Å². The Balaban J connectivity index is 2.04. The van der Waals surface area contributed by atoms with Crippen LogP contribution in [0.2, 0.25) is 0 Å². The van der Waals surface area contributed by atoms with Crippen molar-refractivity contribution in [2.75, 3.05) is 25.0 Å². The summed E-state index contributed by atoms with van der Waals surface area (Å²) in [5.41, 5.74) is 1.75. The lowest BCUT2D eigenvalue weighted by Gasteiger charge is -2.23. The summed E-state index contributed by atoms with van der Waals surface area (Å²) < 4.78 is 0. The van der Waals surface area contributed by atoms with Crippen LogP contribution in [-0.2, 0) is 6.54 Å². The van der Waals surface area contributed by atoms with Gasteiger partial charge in [-0.25, -0.2) is 4.98 Å². The van der Waals surface area contributed by atoms with Crippen molar-refractivity contribution < 1.29 is 4.79 Å². The maximum Gasteiger partial charge on any atom is 0.255 e. The zero-order chi connectivity index (χ0) is 17.4. The minimum absolute atomic E-state index is 0.00423. The lowest BCUT2D eigenvalue weighted by Crippen LogP contribution is -2.27. The molecule has 0 atom stereocenters. The molecule has 0 saturated heterocycles. The second-order valence-corrected chi connectivity index (χ2v) is 6.04. The summed E-state index contributed by atoms with van der Waals surface area (Å²) in [6.07, 6.45) is 3.86. The first-order valence-electron chi connectivity index (χ1n) is 8.66. The highest BCUT2D eigenvalue weighted by atomic mass is 16.2. The summed E-state index contributed by atoms with van der Waals surface area (Å²) in [7, 11) is 1.82. The highest BCUT2D eigenvalue weighted by molar-refractivity contribution is 5.93. The quantitative estimate of drug-likeness (QED) is 0.736. The predicted molar refractivity (Wildman–Crippen MR) is 99.3 cm³/mol. The number of anilines is 1. The molecule has 0 bridgehead atoms. The van der Waals surface area contributed by atoms with Gasteiger partial charge in [0.15, 0.2) is 0 Å². The van der Waals surface area contributed by atoms with Gasteiger partial charge in [-0.15, -0.1) is 0 Å². The van der Waals surface area contributed by atoms with Gasteiger partial charge in [0.1, 0.15) is 5.82 Å². The molecule has 1 aromatic carbocycles. The van der Waals surface area contributed by atoms with Crippen LogP contribution in [0.5, 0.6) is 0 Å². The lowest BCUT2D eigenvalue weighted by atomic mass is 10.2. The van der Waals surface area contributed by atoms with Crippen LogP contribution in [-0.4, -0.2) is 35.9 Å². The third-order valence-electron chi connectivity index (χ3n) is 3.92. The van der Waals surface area contributed by atoms with Gasteiger partial charge >= 0.3 is 0 Å². The molecule has 0 N–H and O–H groups in total. The van der Waals surface area contributed by atoms with Gasteiger partial charge in [-0.3, -0.25) is 4.79 Å². The van der Waals surface area contributed by atoms with Crippen molar-refractivity contribution in [3.8, 4) is 0 Å². The van der Waals surface area contributed by atoms with E-state index < -0.39 is 0 Å². The van der Waals surface area contributed by atoms with Crippen LogP contribution in [0.3, 0.4) is 0 Å². The Labute approximate surface area is 145 Å². The molecule has 2 aromatic rings. The standard InChI is InChI=1S/C20H27N3O/c1-4-13-23(14-5-2)19-12-11-18(15-21-19)20(24)22(3)16-17-9-7-6-8-10-17/h6-12,15H,4-5,13-14,16H2,1-3H3. The largest absolute Gasteiger partial charge is 0.357 e. The number of hydrogen-bond donors (Lipinski definition) is 0. The van der Waals surface area contributed by atoms with E-state index in [1.165, 1.54) is 0 Å². The van der Waals surface area contributed by atoms with Gasteiger partial charge in [0.2, 0.25) is 0 Å². The minimum Gasteiger partial charge on any atom is -0.357 e. The number of carbonyl (C=O) groups excluding carboxylic acids is 1. The van der Waals surface area contributed by atoms with Crippen molar-refractivity contribution in [2.45, 2.75) is 33.2 Å². The number of aromatic nitrogens is 1. The summed E-state index contributed by atoms with van der Waals surface area (Å²) in [6, 6.07) is 13.8. The summed E-state index contributed by atoms with van der Waals surface area (Å²) in [5.74, 6) is 0.941. The molecular formula is C20H27N3O. The van der Waals surface area contributed by atoms with Gasteiger partial charge in [0.25, 0.3) is 5.91 Å². The number of carbonyl (C=O) groups is 1. The van der Waals surface area contributed by atoms with Crippen LogP contribution in [0.1, 0.15) is 42.6 Å². The molecule has 2 rings (SSSR count). The first-order valence-corrected chi connectivity index (χ1v) is 8.66. The van der Waals surface area contributed by atoms with Gasteiger partial charge in [-0.2, -0.15) is 0 Å². The topological polar surface area (TPSA) is 36.4 Å². The summed E-state index contributed by atoms with van der Waals surface area (Å²) in [4.78, 5) is 21.0. The second kappa shape index (κ2) is 9.06. The molecule has 4 nitrogen and oxygen atoms in total. The number of benzene rings is 1. The fraction of sp³-hybridized carbons (Fsp3) is 0.400. The van der Waals surface area contributed by atoms with E-state index in [4.69, 9.17) is 0 Å². The van der Waals surface area contributed by atoms with E-state index in [-0.39, 0.29) is 5.91 Å². The average Bonchev–Trinajstić information content (AvgIpc) is 2.62. The molecule has 0 spiro atoms. The molecule has 0 aliphatic heterocycles. The molecule has 0 unspecified atom stereocenters. The highest BCUT2D eigenvalue weighted by Crippen LogP contribution is 2.14. The summed E-state index contributed by atoms with van der Waals surface area (Å²) in [5, 5.41) is 0. The van der Waals surface area contributed by atoms with Crippen molar-refractivity contribution in [1.82, 2.24) is 9.88 Å². The van der Waals surface area contributed by atoms with Crippen LogP contribution < -0.4 is 4.90 Å². The normalized spacial score (nSPS) is 10.5. The lowest BCUT2D eigenvalue weighted by molar-refractivity contribution is 0.0784. The van der Waals surface area contributed by atoms with Crippen LogP contribution in [0.4, 0.5) is 5.82 Å². The van der Waals surface area contributed by atoms with Crippen molar-refractivity contribution in [1.29, 1.82) is 0 Å². The van der Waals surface area contributed by atoms with E-state index in [0.29, 0.717) is 12.1 Å². The molecule has 128 valence electrons. The van der Waals surface area contributed by atoms with Gasteiger partial charge in [-0.1, -0.05) is 44.2 Å². The van der Waals surface area contributed by atoms with Crippen LogP contribution in [0.25, 0.3) is 0 Å². The van der Waals surface area contributed by atoms with E-state index in [1.807, 2.05) is 49.5 Å². The maximum absolute atomic E-state index is 12.6. The molecule has 0 radical (unpaired) electrons. The molecule has 0 aliphatic rings. The van der Waals surface area contributed by atoms with Crippen molar-refractivity contribution in [2.24, 2.45) is 0 Å². The Hall–Kier alpha value is -2.36. The monoisotopic (exact) mass is 325 g/mol. The van der Waals surface area contributed by atoms with E-state index in [2.05, 4.69) is 23.7 Å². The first kappa shape index (κ1) is 18.0. The highest BCUT2D eigenvalue weighted by Gasteiger charge is 2.13. The molecule has 0 aliphatic carbocycles. The Bertz CT molecular complexity index is 619. The minimum atomic E-state index is -0.00423. The Morgan fingerprint density at radius 2 is 1.67 bits per heavy atom. The molecule has 4 heteroatoms. The molecule has 24 heavy (non-hydrogen) atoms. The number of nitrogens with zero attached hydrogens (tertiary/aromatic N) is 3. The number of amides is 1. The van der Waals surface area contributed by atoms with E-state index in [1.54, 1.807) is 11.1 Å². The number of rotatable bonds is 8. The third kappa shape index (κ3) is 4.82. The fourth-order valence-corrected chi connectivity index (χ4v) is 2.73. The average molecular weight is 325 g/mol. The van der Waals surface area contributed by atoms with E-state index >= 15 is 0 Å². The second-order valence-electron chi connectivity index (χ2n) is 6.04. The van der Waals surface area contributed by atoms with Crippen LogP contribution in [0, 0.1) is 0 Å². The first-order chi connectivity index (χ1) is 11.7. The van der Waals surface area contributed by atoms with Gasteiger partial charge in [-0.05, 0) is 30.5 Å². The molecule has 1 aromatic heterocycles. The Kier molecular flexibility index (Phi) is 6.79. The zero-order valence-electron chi connectivity index (χ0n) is 14.9. The predicted octanol–water partition coefficient (Wildman–Crippen LogP) is 3.98. The molecule has 1 heterocycles. The van der Waals surface area contributed by atoms with Crippen molar-refractivity contribution in [3.05, 3.63) is 59.8 Å². The van der Waals surface area contributed by atoms with Crippen LogP contribution >= 0.6 is 0 Å². The number of pyridine rings is 1. The van der Waals surface area contributed by atoms with Gasteiger partial charge in [0.05, 0.1) is 5.56 Å². The maximum atomic E-state index is 12.6. The smallest absolute Gasteiger partial charge is 0.255 e. The Morgan fingerprint density at radius 1 is 1.00 bits per heavy atom. The summed E-state index contributed by atoms with van der Waals surface area (Å²) in [6.45, 7) is 6.90. The molecule has 0 fully saturated rings. The van der Waals surface area contributed by atoms with E-state index in [0.717, 1.165) is 37.3 Å². The molecule has 1 amide bonds. The molecular weight excluding hydrogens is 298 g/mol. The molecule has 0 saturated carbocycles. The Morgan fingerprint density at radius 3 is 2.21 bits per heavy atom. The van der Waals surface area contributed by atoms with Crippen LogP contribution in [0.15, 0.2) is 48.7 Å². The van der Waals surface area contributed by atoms with Crippen molar-refractivity contribution >= 4 is 11.7 Å². The van der Waals surface area contributed by atoms with Gasteiger partial charge in [0, 0.05) is 32.9 Å². The van der Waals surface area contributed by atoms with Gasteiger partial charge < -0.3 is 9.80 Å². The number of hydrogen-bond acceptors (Lipinski definition) is 3. The third-order valence-corrected chi connectivity index (χ3v) is 3.92. The summed E-state index contributed by atoms with van der Waals surface area (Å²) >= 11 is 0. The SMILES string of the molecule is CCCN(CCC)c1ccc(C(=O)N(C)Cc2ccccc2)cn1.